The third kappa shape index (κ3) is 1.06. The van der Waals surface area contributed by atoms with E-state index in [1.54, 1.807) is 0 Å². The van der Waals surface area contributed by atoms with Gasteiger partial charge in [-0.3, -0.25) is 4.79 Å². The molecular weight excluding hydrogens is 140 g/mol. The Morgan fingerprint density at radius 3 is 3.09 bits per heavy atom. The number of rotatable bonds is 0. The van der Waals surface area contributed by atoms with Crippen molar-refractivity contribution in [2.45, 2.75) is 26.2 Å². The molecule has 1 aromatic heterocycles. The van der Waals surface area contributed by atoms with E-state index in [1.165, 1.54) is 0 Å². The highest BCUT2D eigenvalue weighted by molar-refractivity contribution is 5.82. The maximum atomic E-state index is 11.0. The number of carbonyl (C=O) groups is 1. The molecule has 0 spiro atoms. The van der Waals surface area contributed by atoms with Crippen molar-refractivity contribution in [3.8, 4) is 0 Å². The Morgan fingerprint density at radius 2 is 2.27 bits per heavy atom. The molecule has 0 fully saturated rings. The highest BCUT2D eigenvalue weighted by Gasteiger charge is 2.18. The number of aromatic amines is 1. The number of aryl methyl sites for hydroxylation is 2. The summed E-state index contributed by atoms with van der Waals surface area (Å²) in [6.45, 7) is 1.92. The summed E-state index contributed by atoms with van der Waals surface area (Å²) in [6.07, 6.45) is 2.03. The van der Waals surface area contributed by atoms with Gasteiger partial charge in [0.2, 0.25) is 0 Å². The number of nitrogens with zero attached hydrogens (tertiary/aromatic N) is 1. The Labute approximate surface area is 64.8 Å². The molecule has 0 saturated heterocycles. The van der Waals surface area contributed by atoms with E-state index >= 15 is 0 Å². The van der Waals surface area contributed by atoms with Crippen LogP contribution >= 0.6 is 0 Å². The van der Waals surface area contributed by atoms with Gasteiger partial charge in [-0.2, -0.15) is 0 Å². The Balaban J connectivity index is 2.41. The van der Waals surface area contributed by atoms with Gasteiger partial charge in [-0.1, -0.05) is 0 Å². The number of H-pyrrole nitrogens is 1. The molecule has 1 aliphatic rings. The molecule has 1 heterocycles. The second-order valence-electron chi connectivity index (χ2n) is 2.96. The van der Waals surface area contributed by atoms with Gasteiger partial charge in [0.15, 0.2) is 0 Å². The van der Waals surface area contributed by atoms with Crippen LogP contribution in [0, 0.1) is 6.92 Å². The number of hydrogen-bond acceptors (Lipinski definition) is 2. The lowest BCUT2D eigenvalue weighted by Gasteiger charge is -2.06. The molecule has 3 nitrogen and oxygen atoms in total. The number of imidazole rings is 1. The minimum absolute atomic E-state index is 0.321. The zero-order valence-electron chi connectivity index (χ0n) is 6.48. The van der Waals surface area contributed by atoms with E-state index in [2.05, 4.69) is 9.97 Å². The molecular formula is C8H10N2O. The van der Waals surface area contributed by atoms with Crippen molar-refractivity contribution in [1.29, 1.82) is 0 Å². The largest absolute Gasteiger partial charge is 0.346 e. The van der Waals surface area contributed by atoms with E-state index < -0.39 is 0 Å². The molecule has 1 aliphatic carbocycles. The summed E-state index contributed by atoms with van der Waals surface area (Å²) in [5, 5.41) is 0. The third-order valence-electron chi connectivity index (χ3n) is 2.00. The smallest absolute Gasteiger partial charge is 0.139 e. The number of fused-ring (bicyclic) bond motifs is 1. The molecule has 0 atom stereocenters. The molecule has 1 N–H and O–H groups in total. The van der Waals surface area contributed by atoms with Gasteiger partial charge >= 0.3 is 0 Å². The zero-order valence-corrected chi connectivity index (χ0v) is 6.48. The lowest BCUT2D eigenvalue weighted by Crippen LogP contribution is -2.12. The summed E-state index contributed by atoms with van der Waals surface area (Å²) in [4.78, 5) is 18.4. The molecule has 58 valence electrons. The van der Waals surface area contributed by atoms with Crippen LogP contribution in [0.2, 0.25) is 0 Å². The first-order valence-electron chi connectivity index (χ1n) is 3.82. The molecule has 1 aromatic rings. The molecule has 11 heavy (non-hydrogen) atoms. The van der Waals surface area contributed by atoms with Crippen molar-refractivity contribution in [3.63, 3.8) is 0 Å². The topological polar surface area (TPSA) is 45.8 Å². The summed E-state index contributed by atoms with van der Waals surface area (Å²) in [6, 6.07) is 0. The van der Waals surface area contributed by atoms with Crippen molar-refractivity contribution < 1.29 is 4.79 Å². The predicted octanol–water partition coefficient (Wildman–Crippen LogP) is 0.776. The van der Waals surface area contributed by atoms with Crippen LogP contribution < -0.4 is 0 Å². The summed E-state index contributed by atoms with van der Waals surface area (Å²) in [5.74, 6) is 1.24. The number of nitrogens with one attached hydrogen (secondary N) is 1. The minimum atomic E-state index is 0.321. The average molecular weight is 150 g/mol. The van der Waals surface area contributed by atoms with E-state index in [4.69, 9.17) is 0 Å². The number of aromatic nitrogens is 2. The summed E-state index contributed by atoms with van der Waals surface area (Å²) in [7, 11) is 0. The molecule has 2 rings (SSSR count). The molecule has 0 aliphatic heterocycles. The van der Waals surface area contributed by atoms with Gasteiger partial charge < -0.3 is 4.98 Å². The van der Waals surface area contributed by atoms with E-state index in [0.29, 0.717) is 18.6 Å². The van der Waals surface area contributed by atoms with Crippen LogP contribution in [0.5, 0.6) is 0 Å². The van der Waals surface area contributed by atoms with E-state index in [9.17, 15) is 4.79 Å². The Kier molecular flexibility index (Phi) is 1.31. The molecule has 0 radical (unpaired) electrons. The number of ketones is 1. The second-order valence-corrected chi connectivity index (χ2v) is 2.96. The van der Waals surface area contributed by atoms with Crippen LogP contribution in [-0.2, 0) is 17.6 Å². The quantitative estimate of drug-likeness (QED) is 0.594. The van der Waals surface area contributed by atoms with Gasteiger partial charge in [-0.25, -0.2) is 4.98 Å². The Hall–Kier alpha value is -1.12. The van der Waals surface area contributed by atoms with E-state index in [0.717, 1.165) is 23.6 Å². The highest BCUT2D eigenvalue weighted by Crippen LogP contribution is 2.15. The van der Waals surface area contributed by atoms with Gasteiger partial charge in [0.05, 0.1) is 5.69 Å². The predicted molar refractivity (Wildman–Crippen MR) is 40.4 cm³/mol. The van der Waals surface area contributed by atoms with Gasteiger partial charge in [0.1, 0.15) is 11.6 Å². The second kappa shape index (κ2) is 2.19. The Bertz CT molecular complexity index is 301. The minimum Gasteiger partial charge on any atom is -0.346 e. The zero-order chi connectivity index (χ0) is 7.84. The van der Waals surface area contributed by atoms with E-state index in [1.807, 2.05) is 6.92 Å². The average Bonchev–Trinajstić information content (AvgIpc) is 2.27. The summed E-state index contributed by atoms with van der Waals surface area (Å²) < 4.78 is 0. The maximum Gasteiger partial charge on any atom is 0.139 e. The van der Waals surface area contributed by atoms with Crippen molar-refractivity contribution in [2.75, 3.05) is 0 Å². The molecule has 0 amide bonds. The standard InChI is InChI=1S/C8H10N2O/c1-5-9-7-3-2-6(11)4-8(7)10-5/h2-4H2,1H3,(H,9,10). The van der Waals surface area contributed by atoms with E-state index in [-0.39, 0.29) is 0 Å². The number of carbonyl (C=O) groups excluding carboxylic acids is 1. The lowest BCUT2D eigenvalue weighted by atomic mass is 10.0. The molecule has 0 aromatic carbocycles. The fourth-order valence-corrected chi connectivity index (χ4v) is 1.48. The van der Waals surface area contributed by atoms with Gasteiger partial charge in [-0.15, -0.1) is 0 Å². The van der Waals surface area contributed by atoms with Crippen LogP contribution in [0.1, 0.15) is 23.6 Å². The normalized spacial score (nSPS) is 16.6. The van der Waals surface area contributed by atoms with Gasteiger partial charge in [-0.05, 0) is 13.3 Å². The SMILES string of the molecule is Cc1nc2c([nH]1)CC(=O)CC2. The molecule has 3 heteroatoms. The van der Waals surface area contributed by atoms with Crippen molar-refractivity contribution >= 4 is 5.78 Å². The summed E-state index contributed by atoms with van der Waals surface area (Å²) in [5.41, 5.74) is 2.11. The third-order valence-corrected chi connectivity index (χ3v) is 2.00. The van der Waals surface area contributed by atoms with Gasteiger partial charge in [0, 0.05) is 18.5 Å². The Morgan fingerprint density at radius 1 is 1.45 bits per heavy atom. The first kappa shape index (κ1) is 6.58. The van der Waals surface area contributed by atoms with Crippen LogP contribution in [-0.4, -0.2) is 15.8 Å². The fraction of sp³-hybridized carbons (Fsp3) is 0.500. The highest BCUT2D eigenvalue weighted by atomic mass is 16.1. The number of hydrogen-bond donors (Lipinski definition) is 1. The maximum absolute atomic E-state index is 11.0. The van der Waals surface area contributed by atoms with Crippen LogP contribution in [0.3, 0.4) is 0 Å². The van der Waals surface area contributed by atoms with Gasteiger partial charge in [0.25, 0.3) is 0 Å². The lowest BCUT2D eigenvalue weighted by molar-refractivity contribution is -0.118. The van der Waals surface area contributed by atoms with Crippen molar-refractivity contribution in [1.82, 2.24) is 9.97 Å². The summed E-state index contributed by atoms with van der Waals surface area (Å²) >= 11 is 0. The van der Waals surface area contributed by atoms with Crippen molar-refractivity contribution in [2.24, 2.45) is 0 Å². The monoisotopic (exact) mass is 150 g/mol. The van der Waals surface area contributed by atoms with Crippen LogP contribution in [0.15, 0.2) is 0 Å². The van der Waals surface area contributed by atoms with Crippen molar-refractivity contribution in [3.05, 3.63) is 17.2 Å². The first-order chi connectivity index (χ1) is 5.25. The molecule has 0 saturated carbocycles. The molecule has 0 bridgehead atoms. The van der Waals surface area contributed by atoms with Crippen LogP contribution in [0.25, 0.3) is 0 Å². The van der Waals surface area contributed by atoms with Crippen LogP contribution in [0.4, 0.5) is 0 Å². The first-order valence-corrected chi connectivity index (χ1v) is 3.82. The fourth-order valence-electron chi connectivity index (χ4n) is 1.48. The molecule has 0 unspecified atom stereocenters. The number of Topliss-reactive ketones (excluding diaryl/α,β-unsaturated/α-hetero) is 1.